The molecule has 186 valence electrons. The van der Waals surface area contributed by atoms with Crippen molar-refractivity contribution in [3.05, 3.63) is 64.7 Å². The van der Waals surface area contributed by atoms with Crippen molar-refractivity contribution in [2.45, 2.75) is 59.2 Å². The van der Waals surface area contributed by atoms with Gasteiger partial charge in [-0.15, -0.1) is 0 Å². The van der Waals surface area contributed by atoms with Crippen LogP contribution >= 0.6 is 11.6 Å². The fraction of sp³-hybridized carbons (Fsp3) is 0.440. The Kier molecular flexibility index (Phi) is 9.94. The van der Waals surface area contributed by atoms with Crippen LogP contribution in [-0.4, -0.2) is 50.0 Å². The number of anilines is 1. The summed E-state index contributed by atoms with van der Waals surface area (Å²) in [4.78, 5) is 27.5. The number of hydrogen-bond acceptors (Lipinski definition) is 4. The fourth-order valence-electron chi connectivity index (χ4n) is 3.57. The third-order valence-corrected chi connectivity index (χ3v) is 6.91. The Morgan fingerprint density at radius 3 is 2.21 bits per heavy atom. The highest BCUT2D eigenvalue weighted by Gasteiger charge is 2.27. The number of nitrogens with one attached hydrogen (secondary N) is 1. The van der Waals surface area contributed by atoms with Gasteiger partial charge >= 0.3 is 0 Å². The fourth-order valence-corrected chi connectivity index (χ4v) is 4.66. The largest absolute Gasteiger partial charge is 0.352 e. The second-order valence-electron chi connectivity index (χ2n) is 8.70. The first-order valence-electron chi connectivity index (χ1n) is 11.3. The molecule has 2 aromatic carbocycles. The van der Waals surface area contributed by atoms with Gasteiger partial charge in [-0.25, -0.2) is 8.42 Å². The second-order valence-corrected chi connectivity index (χ2v) is 11.0. The zero-order valence-corrected chi connectivity index (χ0v) is 22.0. The van der Waals surface area contributed by atoms with E-state index in [2.05, 4.69) is 5.32 Å². The number of carbonyl (C=O) groups excluding carboxylic acids is 2. The van der Waals surface area contributed by atoms with Crippen LogP contribution in [0.3, 0.4) is 0 Å². The molecule has 0 saturated heterocycles. The molecule has 9 heteroatoms. The van der Waals surface area contributed by atoms with Crippen LogP contribution in [0.15, 0.2) is 48.5 Å². The van der Waals surface area contributed by atoms with Gasteiger partial charge in [0.05, 0.1) is 11.9 Å². The van der Waals surface area contributed by atoms with E-state index in [1.165, 1.54) is 4.31 Å². The van der Waals surface area contributed by atoms with Gasteiger partial charge < -0.3 is 10.2 Å². The van der Waals surface area contributed by atoms with Gasteiger partial charge in [0.15, 0.2) is 0 Å². The van der Waals surface area contributed by atoms with E-state index in [9.17, 15) is 18.0 Å². The SMILES string of the molecule is Cc1ccccc1CN(C(=O)CCCN(c1ccc(Cl)cc1)S(C)(=O)=O)[C@H](C)C(=O)NC(C)C. The van der Waals surface area contributed by atoms with Crippen molar-refractivity contribution in [2.75, 3.05) is 17.1 Å². The molecular formula is C25H34ClN3O4S. The number of sulfonamides is 1. The van der Waals surface area contributed by atoms with Crippen molar-refractivity contribution in [2.24, 2.45) is 0 Å². The molecule has 0 fully saturated rings. The number of amides is 2. The summed E-state index contributed by atoms with van der Waals surface area (Å²) in [5.41, 5.74) is 2.47. The Bertz CT molecular complexity index is 1090. The Hall–Kier alpha value is -2.58. The lowest BCUT2D eigenvalue weighted by atomic mass is 10.1. The van der Waals surface area contributed by atoms with Crippen molar-refractivity contribution in [1.82, 2.24) is 10.2 Å². The summed E-state index contributed by atoms with van der Waals surface area (Å²) < 4.78 is 26.0. The van der Waals surface area contributed by atoms with Crippen LogP contribution in [0.5, 0.6) is 0 Å². The van der Waals surface area contributed by atoms with Gasteiger partial charge in [-0.1, -0.05) is 35.9 Å². The number of rotatable bonds is 11. The van der Waals surface area contributed by atoms with Crippen molar-refractivity contribution >= 4 is 39.1 Å². The maximum atomic E-state index is 13.3. The van der Waals surface area contributed by atoms with Gasteiger partial charge in [-0.3, -0.25) is 13.9 Å². The molecule has 0 unspecified atom stereocenters. The molecule has 0 radical (unpaired) electrons. The van der Waals surface area contributed by atoms with Crippen LogP contribution in [-0.2, 0) is 26.2 Å². The molecule has 2 aromatic rings. The number of aryl methyl sites for hydroxylation is 1. The van der Waals surface area contributed by atoms with Gasteiger partial charge in [0.1, 0.15) is 6.04 Å². The van der Waals surface area contributed by atoms with E-state index >= 15 is 0 Å². The van der Waals surface area contributed by atoms with Crippen molar-refractivity contribution in [3.8, 4) is 0 Å². The molecule has 1 N–H and O–H groups in total. The molecule has 0 spiro atoms. The third kappa shape index (κ3) is 8.02. The lowest BCUT2D eigenvalue weighted by Gasteiger charge is -2.30. The molecule has 2 rings (SSSR count). The highest BCUT2D eigenvalue weighted by molar-refractivity contribution is 7.92. The van der Waals surface area contributed by atoms with Crippen LogP contribution in [0, 0.1) is 6.92 Å². The molecule has 34 heavy (non-hydrogen) atoms. The van der Waals surface area contributed by atoms with E-state index < -0.39 is 16.1 Å². The van der Waals surface area contributed by atoms with Gasteiger partial charge in [-0.05, 0) is 69.5 Å². The van der Waals surface area contributed by atoms with E-state index in [-0.39, 0.29) is 30.8 Å². The van der Waals surface area contributed by atoms with Gasteiger partial charge in [0.25, 0.3) is 0 Å². The normalized spacial score (nSPS) is 12.3. The number of carbonyl (C=O) groups is 2. The Balaban J connectivity index is 2.17. The van der Waals surface area contributed by atoms with E-state index in [4.69, 9.17) is 11.6 Å². The summed E-state index contributed by atoms with van der Waals surface area (Å²) in [6.07, 6.45) is 1.54. The summed E-state index contributed by atoms with van der Waals surface area (Å²) in [6, 6.07) is 13.5. The predicted octanol–water partition coefficient (Wildman–Crippen LogP) is 4.14. The summed E-state index contributed by atoms with van der Waals surface area (Å²) in [5.74, 6) is -0.435. The summed E-state index contributed by atoms with van der Waals surface area (Å²) >= 11 is 5.92. The molecule has 0 aliphatic rings. The van der Waals surface area contributed by atoms with Crippen LogP contribution in [0.25, 0.3) is 0 Å². The number of halogens is 1. The minimum atomic E-state index is -3.55. The van der Waals surface area contributed by atoms with Crippen molar-refractivity contribution < 1.29 is 18.0 Å². The standard InChI is InChI=1S/C25H34ClN3O4S/c1-18(2)27-25(31)20(4)28(17-21-10-7-6-9-19(21)3)24(30)11-8-16-29(34(5,32)33)23-14-12-22(26)13-15-23/h6-7,9-10,12-15,18,20H,8,11,16-17H2,1-5H3,(H,27,31)/t20-/m1/s1. The lowest BCUT2D eigenvalue weighted by Crippen LogP contribution is -2.49. The molecular weight excluding hydrogens is 474 g/mol. The monoisotopic (exact) mass is 507 g/mol. The van der Waals surface area contributed by atoms with Crippen LogP contribution < -0.4 is 9.62 Å². The molecule has 0 aliphatic heterocycles. The Morgan fingerprint density at radius 1 is 1.03 bits per heavy atom. The quantitative estimate of drug-likeness (QED) is 0.495. The minimum Gasteiger partial charge on any atom is -0.352 e. The predicted molar refractivity (Wildman–Crippen MR) is 137 cm³/mol. The van der Waals surface area contributed by atoms with E-state index in [0.29, 0.717) is 23.7 Å². The summed E-state index contributed by atoms with van der Waals surface area (Å²) in [7, 11) is -3.55. The average Bonchev–Trinajstić information content (AvgIpc) is 2.75. The topological polar surface area (TPSA) is 86.8 Å². The van der Waals surface area contributed by atoms with E-state index in [0.717, 1.165) is 17.4 Å². The number of nitrogens with zero attached hydrogens (tertiary/aromatic N) is 2. The summed E-state index contributed by atoms with van der Waals surface area (Å²) in [6.45, 7) is 7.85. The smallest absolute Gasteiger partial charge is 0.242 e. The average molecular weight is 508 g/mol. The van der Waals surface area contributed by atoms with Crippen LogP contribution in [0.2, 0.25) is 5.02 Å². The lowest BCUT2D eigenvalue weighted by molar-refractivity contribution is -0.140. The molecule has 0 heterocycles. The molecule has 0 saturated carbocycles. The highest BCUT2D eigenvalue weighted by atomic mass is 35.5. The first-order chi connectivity index (χ1) is 15.9. The van der Waals surface area contributed by atoms with Gasteiger partial charge in [0.2, 0.25) is 21.8 Å². The Morgan fingerprint density at radius 2 is 1.65 bits per heavy atom. The maximum Gasteiger partial charge on any atom is 0.242 e. The highest BCUT2D eigenvalue weighted by Crippen LogP contribution is 2.21. The number of benzene rings is 2. The molecule has 0 bridgehead atoms. The molecule has 2 amide bonds. The first kappa shape index (κ1) is 27.7. The van der Waals surface area contributed by atoms with Crippen molar-refractivity contribution in [3.63, 3.8) is 0 Å². The first-order valence-corrected chi connectivity index (χ1v) is 13.5. The van der Waals surface area contributed by atoms with Crippen LogP contribution in [0.1, 0.15) is 44.7 Å². The maximum absolute atomic E-state index is 13.3. The van der Waals surface area contributed by atoms with E-state index in [1.807, 2.05) is 45.0 Å². The molecule has 0 aromatic heterocycles. The van der Waals surface area contributed by atoms with Crippen molar-refractivity contribution in [1.29, 1.82) is 0 Å². The van der Waals surface area contributed by atoms with Gasteiger partial charge in [0, 0.05) is 30.6 Å². The minimum absolute atomic E-state index is 0.0481. The number of hydrogen-bond donors (Lipinski definition) is 1. The molecule has 7 nitrogen and oxygen atoms in total. The van der Waals surface area contributed by atoms with Gasteiger partial charge in [-0.2, -0.15) is 0 Å². The third-order valence-electron chi connectivity index (χ3n) is 5.47. The van der Waals surface area contributed by atoms with Crippen LogP contribution in [0.4, 0.5) is 5.69 Å². The summed E-state index contributed by atoms with van der Waals surface area (Å²) in [5, 5.41) is 3.37. The second kappa shape index (κ2) is 12.2. The molecule has 0 aliphatic carbocycles. The zero-order valence-electron chi connectivity index (χ0n) is 20.4. The van der Waals surface area contributed by atoms with E-state index in [1.54, 1.807) is 36.1 Å². The Labute approximate surface area is 208 Å². The molecule has 1 atom stereocenters. The zero-order chi connectivity index (χ0) is 25.5.